The van der Waals surface area contributed by atoms with Crippen molar-refractivity contribution in [3.05, 3.63) is 79.4 Å². The number of imidazole rings is 1. The zero-order valence-electron chi connectivity index (χ0n) is 17.5. The number of nitrogens with one attached hydrogen (secondary N) is 3. The molecular weight excluding hydrogens is 400 g/mol. The van der Waals surface area contributed by atoms with Gasteiger partial charge in [0.2, 0.25) is 0 Å². The molecule has 0 bridgehead atoms. The second-order valence-corrected chi connectivity index (χ2v) is 5.57. The van der Waals surface area contributed by atoms with E-state index in [2.05, 4.69) is 20.6 Å². The van der Waals surface area contributed by atoms with Crippen LogP contribution in [0.1, 0.15) is 26.7 Å². The lowest BCUT2D eigenvalue weighted by Gasteiger charge is -2.06. The van der Waals surface area contributed by atoms with Crippen LogP contribution in [0.3, 0.4) is 0 Å². The van der Waals surface area contributed by atoms with Crippen LogP contribution >= 0.6 is 0 Å². The third kappa shape index (κ3) is 17.7. The summed E-state index contributed by atoms with van der Waals surface area (Å²) in [6.07, 6.45) is 5.53. The van der Waals surface area contributed by atoms with E-state index < -0.39 is 11.9 Å². The molecule has 2 aromatic carbocycles. The van der Waals surface area contributed by atoms with Gasteiger partial charge >= 0.3 is 18.0 Å². The summed E-state index contributed by atoms with van der Waals surface area (Å²) in [5.41, 5.74) is 1.55. The molecule has 9 heteroatoms. The largest absolute Gasteiger partial charge is 0.481 e. The molecule has 0 saturated carbocycles. The number of nitrogens with zero attached hydrogens (tertiary/aromatic N) is 1. The van der Waals surface area contributed by atoms with Crippen LogP contribution in [0.2, 0.25) is 0 Å². The lowest BCUT2D eigenvalue weighted by atomic mass is 10.3. The molecule has 5 N–H and O–H groups in total. The highest BCUT2D eigenvalue weighted by Crippen LogP contribution is 2.08. The average Bonchev–Trinajstić information content (AvgIpc) is 3.36. The number of aromatic amines is 1. The summed E-state index contributed by atoms with van der Waals surface area (Å²) in [6.45, 7) is 3.20. The van der Waals surface area contributed by atoms with Gasteiger partial charge in [0.05, 0.1) is 6.33 Å². The van der Waals surface area contributed by atoms with Crippen LogP contribution in [0, 0.1) is 0 Å². The fourth-order valence-electron chi connectivity index (χ4n) is 1.55. The van der Waals surface area contributed by atoms with Gasteiger partial charge < -0.3 is 25.8 Å². The Balaban J connectivity index is 0.000000490. The maximum Gasteiger partial charge on any atom is 0.323 e. The highest BCUT2D eigenvalue weighted by molar-refractivity contribution is 5.99. The topological polar surface area (TPSA) is 144 Å². The minimum atomic E-state index is -0.745. The molecule has 0 spiro atoms. The Bertz CT molecular complexity index is 766. The van der Waals surface area contributed by atoms with Gasteiger partial charge in [-0.3, -0.25) is 9.59 Å². The van der Waals surface area contributed by atoms with Crippen LogP contribution in [0.25, 0.3) is 0 Å². The number of urea groups is 1. The van der Waals surface area contributed by atoms with Crippen LogP contribution in [0.15, 0.2) is 79.4 Å². The number of carboxylic acids is 2. The smallest absolute Gasteiger partial charge is 0.323 e. The molecular formula is C22H28N4O5. The first-order valence-corrected chi connectivity index (χ1v) is 9.43. The normalized spacial score (nSPS) is 8.58. The fraction of sp³-hybridized carbons (Fsp3) is 0.182. The third-order valence-corrected chi connectivity index (χ3v) is 3.07. The first-order valence-electron chi connectivity index (χ1n) is 9.43. The second kappa shape index (κ2) is 17.9. The van der Waals surface area contributed by atoms with Gasteiger partial charge in [-0.15, -0.1) is 0 Å². The Labute approximate surface area is 181 Å². The highest BCUT2D eigenvalue weighted by Gasteiger charge is 2.00. The minimum Gasteiger partial charge on any atom is -0.481 e. The molecule has 1 heterocycles. The van der Waals surface area contributed by atoms with Crippen LogP contribution in [-0.4, -0.2) is 38.2 Å². The number of carbonyl (C=O) groups excluding carboxylic acids is 1. The summed E-state index contributed by atoms with van der Waals surface area (Å²) < 4.78 is 0. The molecule has 0 saturated heterocycles. The van der Waals surface area contributed by atoms with Crippen molar-refractivity contribution in [3.8, 4) is 0 Å². The number of benzene rings is 2. The van der Waals surface area contributed by atoms with E-state index in [9.17, 15) is 14.4 Å². The van der Waals surface area contributed by atoms with Crippen molar-refractivity contribution >= 4 is 29.3 Å². The Morgan fingerprint density at radius 1 is 0.806 bits per heavy atom. The van der Waals surface area contributed by atoms with E-state index in [0.717, 1.165) is 11.4 Å². The molecule has 0 fully saturated rings. The van der Waals surface area contributed by atoms with Crippen molar-refractivity contribution in [1.29, 1.82) is 0 Å². The molecule has 2 amide bonds. The van der Waals surface area contributed by atoms with Crippen molar-refractivity contribution < 1.29 is 24.6 Å². The van der Waals surface area contributed by atoms with Crippen molar-refractivity contribution in [2.75, 3.05) is 10.6 Å². The monoisotopic (exact) mass is 428 g/mol. The fourth-order valence-corrected chi connectivity index (χ4v) is 1.55. The Hall–Kier alpha value is -4.14. The Kier molecular flexibility index (Phi) is 15.5. The van der Waals surface area contributed by atoms with Gasteiger partial charge in [0, 0.05) is 36.6 Å². The van der Waals surface area contributed by atoms with Gasteiger partial charge in [-0.1, -0.05) is 50.2 Å². The zero-order chi connectivity index (χ0) is 23.3. The zero-order valence-corrected chi connectivity index (χ0v) is 17.5. The average molecular weight is 428 g/mol. The van der Waals surface area contributed by atoms with E-state index in [-0.39, 0.29) is 18.9 Å². The van der Waals surface area contributed by atoms with E-state index >= 15 is 0 Å². The number of amides is 2. The SMILES string of the molecule is CCC(=O)O.CCC(=O)O.O=C(Nc1ccccc1)Nc1ccccc1.c1c[nH]cn1. The summed E-state index contributed by atoms with van der Waals surface area (Å²) in [4.78, 5) is 36.7. The summed E-state index contributed by atoms with van der Waals surface area (Å²) in [6, 6.07) is 18.4. The molecule has 166 valence electrons. The van der Waals surface area contributed by atoms with Crippen molar-refractivity contribution in [2.24, 2.45) is 0 Å². The number of rotatable bonds is 4. The van der Waals surface area contributed by atoms with Crippen LogP contribution < -0.4 is 10.6 Å². The number of hydrogen-bond donors (Lipinski definition) is 5. The Morgan fingerprint density at radius 3 is 1.42 bits per heavy atom. The summed E-state index contributed by atoms with van der Waals surface area (Å²) in [7, 11) is 0. The number of aliphatic carboxylic acids is 2. The van der Waals surface area contributed by atoms with Crippen LogP contribution in [-0.2, 0) is 9.59 Å². The molecule has 0 unspecified atom stereocenters. The maximum atomic E-state index is 11.6. The van der Waals surface area contributed by atoms with E-state index in [1.54, 1.807) is 32.6 Å². The van der Waals surface area contributed by atoms with Crippen molar-refractivity contribution in [1.82, 2.24) is 9.97 Å². The summed E-state index contributed by atoms with van der Waals surface area (Å²) in [5, 5.41) is 20.9. The van der Waals surface area contributed by atoms with Crippen molar-refractivity contribution in [3.63, 3.8) is 0 Å². The first kappa shape index (κ1) is 26.9. The molecule has 0 radical (unpaired) electrons. The van der Waals surface area contributed by atoms with Gasteiger partial charge in [-0.2, -0.15) is 0 Å². The lowest BCUT2D eigenvalue weighted by Crippen LogP contribution is -2.19. The molecule has 0 atom stereocenters. The highest BCUT2D eigenvalue weighted by atomic mass is 16.4. The van der Waals surface area contributed by atoms with Gasteiger partial charge in [0.25, 0.3) is 0 Å². The maximum absolute atomic E-state index is 11.6. The number of hydrogen-bond acceptors (Lipinski definition) is 4. The predicted molar refractivity (Wildman–Crippen MR) is 120 cm³/mol. The molecule has 0 aliphatic rings. The Morgan fingerprint density at radius 2 is 1.19 bits per heavy atom. The van der Waals surface area contributed by atoms with Gasteiger partial charge in [0.1, 0.15) is 0 Å². The minimum absolute atomic E-state index is 0.222. The van der Waals surface area contributed by atoms with Crippen molar-refractivity contribution in [2.45, 2.75) is 26.7 Å². The lowest BCUT2D eigenvalue weighted by molar-refractivity contribution is -0.137. The first-order chi connectivity index (χ1) is 14.9. The van der Waals surface area contributed by atoms with E-state index in [4.69, 9.17) is 10.2 Å². The van der Waals surface area contributed by atoms with Crippen LogP contribution in [0.5, 0.6) is 0 Å². The number of carbonyl (C=O) groups is 3. The number of para-hydroxylation sites is 2. The van der Waals surface area contributed by atoms with E-state index in [0.29, 0.717) is 0 Å². The summed E-state index contributed by atoms with van der Waals surface area (Å²) in [5.74, 6) is -1.49. The summed E-state index contributed by atoms with van der Waals surface area (Å²) >= 11 is 0. The molecule has 1 aromatic heterocycles. The third-order valence-electron chi connectivity index (χ3n) is 3.07. The molecule has 0 aliphatic carbocycles. The van der Waals surface area contributed by atoms with Gasteiger partial charge in [-0.25, -0.2) is 9.78 Å². The predicted octanol–water partition coefficient (Wildman–Crippen LogP) is 4.70. The van der Waals surface area contributed by atoms with E-state index in [1.165, 1.54) is 0 Å². The quantitative estimate of drug-likeness (QED) is 0.407. The number of H-pyrrole nitrogens is 1. The van der Waals surface area contributed by atoms with E-state index in [1.807, 2.05) is 60.7 Å². The number of carboxylic acid groups (broad SMARTS) is 2. The molecule has 31 heavy (non-hydrogen) atoms. The van der Waals surface area contributed by atoms with Gasteiger partial charge in [0.15, 0.2) is 0 Å². The number of anilines is 2. The second-order valence-electron chi connectivity index (χ2n) is 5.57. The molecule has 3 aromatic rings. The standard InChI is InChI=1S/C13H12N2O.C3H4N2.2C3H6O2/c16-13(14-11-7-3-1-4-8-11)15-12-9-5-2-6-10-12;1-2-5-3-4-1;2*1-2-3(4)5/h1-10H,(H2,14,15,16);1-3H,(H,4,5);2*2H2,1H3,(H,4,5). The molecule has 0 aliphatic heterocycles. The van der Waals surface area contributed by atoms with Gasteiger partial charge in [-0.05, 0) is 24.3 Å². The molecule has 3 rings (SSSR count). The van der Waals surface area contributed by atoms with Crippen LogP contribution in [0.4, 0.5) is 16.2 Å². The molecule has 9 nitrogen and oxygen atoms in total. The number of aromatic nitrogens is 2.